The van der Waals surface area contributed by atoms with E-state index >= 15 is 0 Å². The number of benzene rings is 1. The van der Waals surface area contributed by atoms with Crippen LogP contribution in [0.15, 0.2) is 47.1 Å². The zero-order chi connectivity index (χ0) is 18.9. The molecule has 0 saturated heterocycles. The molecule has 1 amide bonds. The lowest BCUT2D eigenvalue weighted by Gasteiger charge is -2.23. The van der Waals surface area contributed by atoms with E-state index < -0.39 is 11.6 Å². The molecule has 26 heavy (non-hydrogen) atoms. The van der Waals surface area contributed by atoms with E-state index in [0.717, 1.165) is 10.0 Å². The molecule has 136 valence electrons. The van der Waals surface area contributed by atoms with E-state index in [1.807, 2.05) is 24.3 Å². The highest BCUT2D eigenvalue weighted by Gasteiger charge is 2.28. The Balaban J connectivity index is 1.99. The second kappa shape index (κ2) is 7.34. The minimum atomic E-state index is -1.00. The summed E-state index contributed by atoms with van der Waals surface area (Å²) in [7, 11) is 0. The minimum absolute atomic E-state index is 0.265. The second-order valence-electron chi connectivity index (χ2n) is 6.71. The van der Waals surface area contributed by atoms with Crippen molar-refractivity contribution in [2.24, 2.45) is 5.73 Å². The van der Waals surface area contributed by atoms with E-state index in [9.17, 15) is 4.79 Å². The smallest absolute Gasteiger partial charge is 0.240 e. The van der Waals surface area contributed by atoms with E-state index in [1.165, 1.54) is 0 Å². The van der Waals surface area contributed by atoms with Gasteiger partial charge in [-0.3, -0.25) is 9.20 Å². The predicted molar refractivity (Wildman–Crippen MR) is 105 cm³/mol. The van der Waals surface area contributed by atoms with E-state index in [-0.39, 0.29) is 5.91 Å². The molecule has 0 bridgehead atoms. The minimum Gasteiger partial charge on any atom is -0.344 e. The number of amides is 1. The largest absolute Gasteiger partial charge is 0.344 e. The molecule has 8 heteroatoms. The third-order valence-electron chi connectivity index (χ3n) is 3.95. The fourth-order valence-corrected chi connectivity index (χ4v) is 2.95. The molecule has 0 radical (unpaired) electrons. The van der Waals surface area contributed by atoms with Gasteiger partial charge in [0.2, 0.25) is 5.91 Å². The Bertz CT molecular complexity index is 933. The maximum Gasteiger partial charge on any atom is 0.240 e. The summed E-state index contributed by atoms with van der Waals surface area (Å²) in [5, 5.41) is 12.0. The van der Waals surface area contributed by atoms with Crippen molar-refractivity contribution >= 4 is 39.1 Å². The Morgan fingerprint density at radius 3 is 2.62 bits per heavy atom. The monoisotopic (exact) mass is 435 g/mol. The molecule has 0 saturated carbocycles. The van der Waals surface area contributed by atoms with Crippen LogP contribution in [0, 0.1) is 0 Å². The zero-order valence-electron chi connectivity index (χ0n) is 14.4. The molecule has 0 aliphatic carbocycles. The summed E-state index contributed by atoms with van der Waals surface area (Å²) >= 11 is 9.55. The maximum absolute atomic E-state index is 12.5. The number of hydrogen-bond donors (Lipinski definition) is 2. The molecule has 1 atom stereocenters. The van der Waals surface area contributed by atoms with Gasteiger partial charge in [-0.2, -0.15) is 0 Å². The van der Waals surface area contributed by atoms with E-state index in [1.54, 1.807) is 36.6 Å². The third kappa shape index (κ3) is 4.23. The number of rotatable bonds is 5. The van der Waals surface area contributed by atoms with Gasteiger partial charge in [0.25, 0.3) is 0 Å². The van der Waals surface area contributed by atoms with E-state index in [4.69, 9.17) is 17.3 Å². The molecule has 3 rings (SSSR count). The zero-order valence-corrected chi connectivity index (χ0v) is 16.8. The van der Waals surface area contributed by atoms with Crippen LogP contribution in [0.1, 0.15) is 31.3 Å². The second-order valence-corrected chi connectivity index (χ2v) is 8.06. The van der Waals surface area contributed by atoms with Crippen LogP contribution in [0.5, 0.6) is 0 Å². The summed E-state index contributed by atoms with van der Waals surface area (Å²) in [6.07, 6.45) is 2.28. The summed E-state index contributed by atoms with van der Waals surface area (Å²) in [6.45, 7) is 3.33. The highest BCUT2D eigenvalue weighted by molar-refractivity contribution is 9.10. The number of pyridine rings is 1. The van der Waals surface area contributed by atoms with Gasteiger partial charge in [0.15, 0.2) is 11.5 Å². The first kappa shape index (κ1) is 18.8. The molecular weight excluding hydrogens is 418 g/mol. The van der Waals surface area contributed by atoms with Gasteiger partial charge >= 0.3 is 0 Å². The number of nitrogens with zero attached hydrogens (tertiary/aromatic N) is 3. The van der Waals surface area contributed by atoms with Crippen LogP contribution < -0.4 is 11.1 Å². The van der Waals surface area contributed by atoms with Crippen LogP contribution in [-0.4, -0.2) is 26.0 Å². The van der Waals surface area contributed by atoms with Crippen molar-refractivity contribution in [2.45, 2.75) is 31.8 Å². The van der Waals surface area contributed by atoms with Gasteiger partial charge in [0.1, 0.15) is 0 Å². The molecule has 0 aliphatic heterocycles. The van der Waals surface area contributed by atoms with Crippen molar-refractivity contribution in [3.05, 3.63) is 63.5 Å². The number of carbonyl (C=O) groups excluding carboxylic acids is 1. The van der Waals surface area contributed by atoms with Crippen molar-refractivity contribution in [1.29, 1.82) is 0 Å². The Morgan fingerprint density at radius 2 is 1.96 bits per heavy atom. The van der Waals surface area contributed by atoms with Crippen molar-refractivity contribution < 1.29 is 4.79 Å². The SMILES string of the molecule is CC(C)(N)C(=O)N[C@H](Cc1ccc(Br)cc1)c1nnc2ccc(Cl)cn12. The standard InChI is InChI=1S/C18H19BrClN5O/c1-18(2,21)17(26)22-14(9-11-3-5-12(19)6-4-11)16-24-23-15-8-7-13(20)10-25(15)16/h3-8,10,14H,9,21H2,1-2H3,(H,22,26)/t14-/m1/s1. The Labute approximate surface area is 164 Å². The van der Waals surface area contributed by atoms with Gasteiger partial charge in [-0.15, -0.1) is 10.2 Å². The third-order valence-corrected chi connectivity index (χ3v) is 4.70. The van der Waals surface area contributed by atoms with Gasteiger partial charge in [-0.25, -0.2) is 0 Å². The fourth-order valence-electron chi connectivity index (χ4n) is 2.53. The molecule has 0 spiro atoms. The molecule has 0 fully saturated rings. The lowest BCUT2D eigenvalue weighted by atomic mass is 10.0. The lowest BCUT2D eigenvalue weighted by Crippen LogP contribution is -2.50. The first-order valence-electron chi connectivity index (χ1n) is 8.08. The van der Waals surface area contributed by atoms with Gasteiger partial charge in [-0.05, 0) is 50.1 Å². The van der Waals surface area contributed by atoms with Crippen molar-refractivity contribution in [2.75, 3.05) is 0 Å². The Hall–Kier alpha value is -1.96. The molecule has 2 heterocycles. The summed E-state index contributed by atoms with van der Waals surface area (Å²) in [6, 6.07) is 11.0. The molecule has 3 aromatic rings. The fraction of sp³-hybridized carbons (Fsp3) is 0.278. The highest BCUT2D eigenvalue weighted by Crippen LogP contribution is 2.22. The van der Waals surface area contributed by atoms with Crippen LogP contribution in [0.3, 0.4) is 0 Å². The summed E-state index contributed by atoms with van der Waals surface area (Å²) in [4.78, 5) is 12.5. The Morgan fingerprint density at radius 1 is 1.27 bits per heavy atom. The van der Waals surface area contributed by atoms with Crippen molar-refractivity contribution in [1.82, 2.24) is 19.9 Å². The number of nitrogens with one attached hydrogen (secondary N) is 1. The van der Waals surface area contributed by atoms with Gasteiger partial charge < -0.3 is 11.1 Å². The first-order valence-corrected chi connectivity index (χ1v) is 9.25. The quantitative estimate of drug-likeness (QED) is 0.643. The highest BCUT2D eigenvalue weighted by atomic mass is 79.9. The molecule has 0 unspecified atom stereocenters. The van der Waals surface area contributed by atoms with Crippen LogP contribution in [-0.2, 0) is 11.2 Å². The van der Waals surface area contributed by atoms with Crippen molar-refractivity contribution in [3.8, 4) is 0 Å². The molecule has 2 aromatic heterocycles. The number of nitrogens with two attached hydrogens (primary N) is 1. The number of hydrogen-bond acceptors (Lipinski definition) is 4. The van der Waals surface area contributed by atoms with Gasteiger partial charge in [0.05, 0.1) is 16.6 Å². The average molecular weight is 437 g/mol. The van der Waals surface area contributed by atoms with Gasteiger partial charge in [0, 0.05) is 10.7 Å². The molecule has 3 N–H and O–H groups in total. The number of halogens is 2. The summed E-state index contributed by atoms with van der Waals surface area (Å²) in [5.74, 6) is 0.335. The normalized spacial score (nSPS) is 13.0. The van der Waals surface area contributed by atoms with E-state index in [0.29, 0.717) is 22.9 Å². The number of carbonyl (C=O) groups is 1. The van der Waals surface area contributed by atoms with E-state index in [2.05, 4.69) is 31.4 Å². The predicted octanol–water partition coefficient (Wildman–Crippen LogP) is 3.28. The summed E-state index contributed by atoms with van der Waals surface area (Å²) < 4.78 is 2.78. The first-order chi connectivity index (χ1) is 12.2. The molecule has 1 aromatic carbocycles. The Kier molecular flexibility index (Phi) is 5.32. The van der Waals surface area contributed by atoms with Crippen molar-refractivity contribution in [3.63, 3.8) is 0 Å². The molecular formula is C18H19BrClN5O. The lowest BCUT2D eigenvalue weighted by molar-refractivity contribution is -0.126. The maximum atomic E-state index is 12.5. The topological polar surface area (TPSA) is 85.3 Å². The number of aromatic nitrogens is 3. The van der Waals surface area contributed by atoms with Crippen LogP contribution in [0.2, 0.25) is 5.02 Å². The molecule has 0 aliphatic rings. The number of fused-ring (bicyclic) bond motifs is 1. The average Bonchev–Trinajstić information content (AvgIpc) is 2.98. The summed E-state index contributed by atoms with van der Waals surface area (Å²) in [5.41, 5.74) is 6.65. The van der Waals surface area contributed by atoms with Crippen LogP contribution in [0.4, 0.5) is 0 Å². The van der Waals surface area contributed by atoms with Crippen LogP contribution >= 0.6 is 27.5 Å². The van der Waals surface area contributed by atoms with Crippen LogP contribution in [0.25, 0.3) is 5.65 Å². The van der Waals surface area contributed by atoms with Gasteiger partial charge in [-0.1, -0.05) is 39.7 Å². The molecule has 6 nitrogen and oxygen atoms in total.